The number of rotatable bonds is 8. The van der Waals surface area contributed by atoms with E-state index in [9.17, 15) is 10.1 Å². The second kappa shape index (κ2) is 10.5. The van der Waals surface area contributed by atoms with Gasteiger partial charge >= 0.3 is 5.97 Å². The van der Waals surface area contributed by atoms with E-state index in [0.717, 1.165) is 11.1 Å². The van der Waals surface area contributed by atoms with Crippen molar-refractivity contribution in [2.24, 2.45) is 5.73 Å². The lowest BCUT2D eigenvalue weighted by atomic mass is 9.83. The quantitative estimate of drug-likeness (QED) is 0.381. The largest absolute Gasteiger partial charge is 0.497 e. The lowest BCUT2D eigenvalue weighted by Crippen LogP contribution is -2.21. The number of allylic oxidation sites excluding steroid dienone is 1. The molecule has 2 N–H and O–H groups in total. The minimum absolute atomic E-state index is 0.00173. The molecular formula is C27H24N2O6. The molecule has 0 saturated carbocycles. The lowest BCUT2D eigenvalue weighted by Gasteiger charge is -2.27. The van der Waals surface area contributed by atoms with Crippen LogP contribution in [0.3, 0.4) is 0 Å². The fourth-order valence-corrected chi connectivity index (χ4v) is 3.77. The zero-order chi connectivity index (χ0) is 24.8. The molecular weight excluding hydrogens is 448 g/mol. The first-order valence-corrected chi connectivity index (χ1v) is 10.9. The third kappa shape index (κ3) is 5.31. The molecule has 8 heteroatoms. The van der Waals surface area contributed by atoms with Crippen molar-refractivity contribution in [2.75, 3.05) is 20.3 Å². The maximum atomic E-state index is 12.3. The summed E-state index contributed by atoms with van der Waals surface area (Å²) in [5.41, 5.74) is 7.93. The molecule has 0 radical (unpaired) electrons. The number of carbonyl (C=O) groups is 1. The molecule has 1 heterocycles. The van der Waals surface area contributed by atoms with Gasteiger partial charge < -0.3 is 29.4 Å². The number of benzene rings is 3. The molecule has 35 heavy (non-hydrogen) atoms. The van der Waals surface area contributed by atoms with E-state index in [1.54, 1.807) is 49.6 Å². The van der Waals surface area contributed by atoms with E-state index in [1.165, 1.54) is 0 Å². The van der Waals surface area contributed by atoms with Crippen LogP contribution in [0.1, 0.15) is 24.0 Å². The van der Waals surface area contributed by atoms with E-state index in [0.29, 0.717) is 35.2 Å². The second-order valence-electron chi connectivity index (χ2n) is 7.57. The average molecular weight is 472 g/mol. The summed E-state index contributed by atoms with van der Waals surface area (Å²) in [5, 5.41) is 9.76. The smallest absolute Gasteiger partial charge is 0.349 e. The summed E-state index contributed by atoms with van der Waals surface area (Å²) in [4.78, 5) is 12.3. The first kappa shape index (κ1) is 23.5. The summed E-state index contributed by atoms with van der Waals surface area (Å²) in [6.45, 7) is 2.14. The van der Waals surface area contributed by atoms with Crippen molar-refractivity contribution < 1.29 is 28.5 Å². The van der Waals surface area contributed by atoms with E-state index in [-0.39, 0.29) is 18.2 Å². The van der Waals surface area contributed by atoms with Crippen LogP contribution in [0.15, 0.2) is 78.2 Å². The highest BCUT2D eigenvalue weighted by Crippen LogP contribution is 2.44. The molecule has 0 fully saturated rings. The molecule has 1 aliphatic rings. The Labute approximate surface area is 203 Å². The first-order chi connectivity index (χ1) is 17.0. The standard InChI is InChI=1S/C27H24N2O6/c1-3-32-20-6-4-5-17(13-20)26-22-12-11-21(14-24(22)35-27(29)23(26)15-28)34-25(30)16-33-19-9-7-18(31-2)8-10-19/h4-14,26H,3,16,29H2,1-2H3. The van der Waals surface area contributed by atoms with E-state index in [1.807, 2.05) is 31.2 Å². The van der Waals surface area contributed by atoms with Crippen LogP contribution in [0.5, 0.6) is 28.7 Å². The number of fused-ring (bicyclic) bond motifs is 1. The molecule has 1 unspecified atom stereocenters. The Morgan fingerprint density at radius 2 is 1.74 bits per heavy atom. The number of nitrogens with zero attached hydrogens (tertiary/aromatic N) is 1. The van der Waals surface area contributed by atoms with Gasteiger partial charge in [-0.05, 0) is 55.0 Å². The van der Waals surface area contributed by atoms with Crippen LogP contribution in [-0.4, -0.2) is 26.3 Å². The number of esters is 1. The van der Waals surface area contributed by atoms with Crippen molar-refractivity contribution in [2.45, 2.75) is 12.8 Å². The number of ether oxygens (including phenoxy) is 5. The van der Waals surface area contributed by atoms with E-state index >= 15 is 0 Å². The average Bonchev–Trinajstić information content (AvgIpc) is 2.87. The highest BCUT2D eigenvalue weighted by molar-refractivity contribution is 5.74. The molecule has 0 spiro atoms. The third-order valence-electron chi connectivity index (χ3n) is 5.34. The van der Waals surface area contributed by atoms with Crippen LogP contribution in [-0.2, 0) is 4.79 Å². The molecule has 1 atom stereocenters. The second-order valence-corrected chi connectivity index (χ2v) is 7.57. The van der Waals surface area contributed by atoms with Gasteiger partial charge in [-0.2, -0.15) is 5.26 Å². The molecule has 0 aromatic heterocycles. The fraction of sp³-hybridized carbons (Fsp3) is 0.185. The Morgan fingerprint density at radius 1 is 1.00 bits per heavy atom. The predicted molar refractivity (Wildman–Crippen MR) is 127 cm³/mol. The Kier molecular flexibility index (Phi) is 7.07. The normalized spacial score (nSPS) is 14.3. The van der Waals surface area contributed by atoms with Crippen LogP contribution in [0.2, 0.25) is 0 Å². The summed E-state index contributed by atoms with van der Waals surface area (Å²) in [6.07, 6.45) is 0. The molecule has 178 valence electrons. The molecule has 1 aliphatic heterocycles. The van der Waals surface area contributed by atoms with E-state index in [4.69, 9.17) is 29.4 Å². The van der Waals surface area contributed by atoms with Gasteiger partial charge in [0, 0.05) is 11.6 Å². The van der Waals surface area contributed by atoms with Gasteiger partial charge in [-0.25, -0.2) is 4.79 Å². The van der Waals surface area contributed by atoms with Crippen molar-refractivity contribution in [1.29, 1.82) is 5.26 Å². The van der Waals surface area contributed by atoms with Gasteiger partial charge in [-0.1, -0.05) is 18.2 Å². The van der Waals surface area contributed by atoms with Crippen LogP contribution >= 0.6 is 0 Å². The van der Waals surface area contributed by atoms with Crippen LogP contribution in [0, 0.1) is 11.3 Å². The summed E-state index contributed by atoms with van der Waals surface area (Å²) >= 11 is 0. The van der Waals surface area contributed by atoms with Crippen molar-refractivity contribution >= 4 is 5.97 Å². The minimum Gasteiger partial charge on any atom is -0.497 e. The van der Waals surface area contributed by atoms with Crippen molar-refractivity contribution in [3.8, 4) is 34.8 Å². The Morgan fingerprint density at radius 3 is 2.46 bits per heavy atom. The van der Waals surface area contributed by atoms with Crippen LogP contribution in [0.25, 0.3) is 0 Å². The molecule has 0 aliphatic carbocycles. The van der Waals surface area contributed by atoms with E-state index in [2.05, 4.69) is 6.07 Å². The monoisotopic (exact) mass is 472 g/mol. The maximum Gasteiger partial charge on any atom is 0.349 e. The van der Waals surface area contributed by atoms with Crippen LogP contribution in [0.4, 0.5) is 0 Å². The molecule has 0 bridgehead atoms. The zero-order valence-electron chi connectivity index (χ0n) is 19.3. The number of methoxy groups -OCH3 is 1. The van der Waals surface area contributed by atoms with Crippen molar-refractivity contribution in [1.82, 2.24) is 0 Å². The first-order valence-electron chi connectivity index (χ1n) is 10.9. The number of nitriles is 1. The highest BCUT2D eigenvalue weighted by Gasteiger charge is 2.31. The SMILES string of the molecule is CCOc1cccc(C2C(C#N)=C(N)Oc3cc(OC(=O)COc4ccc(OC)cc4)ccc32)c1. The molecule has 3 aromatic carbocycles. The molecule has 3 aromatic rings. The number of nitrogens with two attached hydrogens (primary N) is 1. The maximum absolute atomic E-state index is 12.3. The number of hydrogen-bond donors (Lipinski definition) is 1. The number of hydrogen-bond acceptors (Lipinski definition) is 8. The Balaban J connectivity index is 1.52. The van der Waals surface area contributed by atoms with E-state index < -0.39 is 11.9 Å². The Bertz CT molecular complexity index is 1290. The third-order valence-corrected chi connectivity index (χ3v) is 5.34. The Hall–Kier alpha value is -4.64. The van der Waals surface area contributed by atoms with Gasteiger partial charge in [0.25, 0.3) is 0 Å². The summed E-state index contributed by atoms with van der Waals surface area (Å²) in [7, 11) is 1.57. The minimum atomic E-state index is -0.584. The number of carbonyl (C=O) groups excluding carboxylic acids is 1. The lowest BCUT2D eigenvalue weighted by molar-refractivity contribution is -0.136. The summed E-state index contributed by atoms with van der Waals surface area (Å²) in [5.74, 6) is 1.51. The fourth-order valence-electron chi connectivity index (χ4n) is 3.77. The van der Waals surface area contributed by atoms with Crippen molar-refractivity contribution in [3.63, 3.8) is 0 Å². The van der Waals surface area contributed by atoms with Gasteiger partial charge in [0.15, 0.2) is 6.61 Å². The van der Waals surface area contributed by atoms with Gasteiger partial charge in [0.1, 0.15) is 40.4 Å². The van der Waals surface area contributed by atoms with Gasteiger partial charge in [0.05, 0.1) is 19.6 Å². The highest BCUT2D eigenvalue weighted by atomic mass is 16.6. The zero-order valence-corrected chi connectivity index (χ0v) is 19.3. The van der Waals surface area contributed by atoms with Gasteiger partial charge in [-0.3, -0.25) is 0 Å². The van der Waals surface area contributed by atoms with Gasteiger partial charge in [0.2, 0.25) is 5.88 Å². The van der Waals surface area contributed by atoms with Gasteiger partial charge in [-0.15, -0.1) is 0 Å². The topological polar surface area (TPSA) is 113 Å². The summed E-state index contributed by atoms with van der Waals surface area (Å²) in [6, 6.07) is 21.5. The molecule has 0 saturated heterocycles. The van der Waals surface area contributed by atoms with Crippen LogP contribution < -0.4 is 29.4 Å². The molecule has 0 amide bonds. The summed E-state index contributed by atoms with van der Waals surface area (Å²) < 4.78 is 27.3. The predicted octanol–water partition coefficient (Wildman–Crippen LogP) is 4.30. The van der Waals surface area contributed by atoms with Crippen molar-refractivity contribution in [3.05, 3.63) is 89.3 Å². The molecule has 4 rings (SSSR count). The molecule has 8 nitrogen and oxygen atoms in total.